The smallest absolute Gasteiger partial charge is 0.236 e. The van der Waals surface area contributed by atoms with Crippen LogP contribution in [0.4, 0.5) is 47.1 Å². The number of hydrogen-bond acceptors (Lipinski definition) is 20. The zero-order valence-corrected chi connectivity index (χ0v) is 76.5. The van der Waals surface area contributed by atoms with Crippen LogP contribution in [0.15, 0.2) is 24.3 Å². The number of anilines is 8. The van der Waals surface area contributed by atoms with E-state index in [1.54, 1.807) is 0 Å². The van der Waals surface area contributed by atoms with E-state index in [0.29, 0.717) is 138 Å². The molecule has 8 aliphatic rings. The first-order valence-electron chi connectivity index (χ1n) is 42.5. The van der Waals surface area contributed by atoms with E-state index < -0.39 is 88.6 Å². The minimum absolute atomic E-state index is 0.284. The van der Waals surface area contributed by atoms with Gasteiger partial charge >= 0.3 is 0 Å². The van der Waals surface area contributed by atoms with Gasteiger partial charge in [-0.3, -0.25) is 0 Å². The van der Waals surface area contributed by atoms with Gasteiger partial charge in [-0.15, -0.1) is 82.2 Å². The van der Waals surface area contributed by atoms with Crippen molar-refractivity contribution in [2.45, 2.75) is 461 Å². The molecule has 3 aromatic rings. The molecular formula is C86H146N20O8. The third-order valence-electron chi connectivity index (χ3n) is 28.1. The van der Waals surface area contributed by atoms with Gasteiger partial charge in [0, 0.05) is 162 Å². The van der Waals surface area contributed by atoms with Crippen molar-refractivity contribution in [1.29, 1.82) is 0 Å². The third kappa shape index (κ3) is 16.8. The van der Waals surface area contributed by atoms with Crippen LogP contribution >= 0.6 is 0 Å². The molecule has 0 N–H and O–H groups in total. The Morgan fingerprint density at radius 3 is 0.404 bits per heavy atom. The van der Waals surface area contributed by atoms with Crippen molar-refractivity contribution in [3.8, 4) is 0 Å². The monoisotopic (exact) mass is 1590 g/mol. The van der Waals surface area contributed by atoms with Crippen molar-refractivity contribution >= 4 is 47.1 Å². The van der Waals surface area contributed by atoms with E-state index in [1.165, 1.54) is 40.5 Å². The molecule has 114 heavy (non-hydrogen) atoms. The maximum atomic E-state index is 14.5. The van der Waals surface area contributed by atoms with Crippen LogP contribution in [-0.4, -0.2) is 221 Å². The molecule has 8 radical (unpaired) electrons. The summed E-state index contributed by atoms with van der Waals surface area (Å²) in [5.74, 6) is 2.31. The highest BCUT2D eigenvalue weighted by Crippen LogP contribution is 2.53. The number of benzene rings is 1. The van der Waals surface area contributed by atoms with Crippen LogP contribution in [0.25, 0.3) is 0 Å². The van der Waals surface area contributed by atoms with Gasteiger partial charge in [0.2, 0.25) is 35.7 Å². The lowest BCUT2D eigenvalue weighted by Crippen LogP contribution is -2.68. The Morgan fingerprint density at radius 2 is 0.298 bits per heavy atom. The van der Waals surface area contributed by atoms with Crippen molar-refractivity contribution in [1.82, 2.24) is 70.4 Å². The molecule has 28 nitrogen and oxygen atoms in total. The summed E-state index contributed by atoms with van der Waals surface area (Å²) in [6.45, 7) is 64.3. The van der Waals surface area contributed by atoms with E-state index in [0.717, 1.165) is 11.4 Å². The fourth-order valence-corrected chi connectivity index (χ4v) is 24.3. The number of rotatable bonds is 16. The topological polar surface area (TPSA) is 282 Å². The highest BCUT2D eigenvalue weighted by molar-refractivity contribution is 5.67. The lowest BCUT2D eigenvalue weighted by molar-refractivity contribution is -0.294. The number of hydrogen-bond donors (Lipinski definition) is 0. The highest BCUT2D eigenvalue weighted by Gasteiger charge is 2.60. The zero-order chi connectivity index (χ0) is 85.7. The molecule has 0 bridgehead atoms. The maximum Gasteiger partial charge on any atom is 0.236 e. The zero-order valence-electron chi connectivity index (χ0n) is 76.5. The van der Waals surface area contributed by atoms with Crippen molar-refractivity contribution in [2.24, 2.45) is 0 Å². The molecule has 8 saturated heterocycles. The van der Waals surface area contributed by atoms with Gasteiger partial charge in [-0.05, 0) is 349 Å². The van der Waals surface area contributed by atoms with Gasteiger partial charge < -0.3 is 29.4 Å². The van der Waals surface area contributed by atoms with E-state index >= 15 is 0 Å². The van der Waals surface area contributed by atoms with E-state index in [1.807, 2.05) is 270 Å². The Kier molecular flexibility index (Phi) is 23.0. The first kappa shape index (κ1) is 90.2. The molecule has 0 unspecified atom stereocenters. The molecule has 0 atom stereocenters. The van der Waals surface area contributed by atoms with Crippen LogP contribution in [0.3, 0.4) is 0 Å². The van der Waals surface area contributed by atoms with Crippen LogP contribution in [0.1, 0.15) is 324 Å². The Balaban J connectivity index is 1.12. The molecular weight excluding hydrogens is 1440 g/mol. The fraction of sp³-hybridized carbons (Fsp3) is 0.860. The molecule has 2 aromatic heterocycles. The summed E-state index contributed by atoms with van der Waals surface area (Å²) >= 11 is 0. The maximum absolute atomic E-state index is 14.5. The van der Waals surface area contributed by atoms with E-state index in [-0.39, 0.29) is 48.3 Å². The summed E-state index contributed by atoms with van der Waals surface area (Å²) in [5, 5.41) is 126. The predicted octanol–water partition coefficient (Wildman–Crippen LogP) is 15.8. The van der Waals surface area contributed by atoms with Crippen LogP contribution in [0, 0.1) is 0 Å². The quantitative estimate of drug-likeness (QED) is 0.129. The molecule has 638 valence electrons. The van der Waals surface area contributed by atoms with Crippen molar-refractivity contribution in [3.63, 3.8) is 0 Å². The Hall–Kier alpha value is -4.60. The first-order valence-corrected chi connectivity index (χ1v) is 42.5. The Morgan fingerprint density at radius 1 is 0.202 bits per heavy atom. The molecule has 8 aliphatic heterocycles. The van der Waals surface area contributed by atoms with Crippen molar-refractivity contribution in [3.05, 3.63) is 24.3 Å². The summed E-state index contributed by atoms with van der Waals surface area (Å²) in [5.41, 5.74) is -11.6. The second-order valence-electron chi connectivity index (χ2n) is 46.6. The van der Waals surface area contributed by atoms with Gasteiger partial charge in [-0.25, -0.2) is 0 Å². The second-order valence-corrected chi connectivity index (χ2v) is 46.6. The first-order chi connectivity index (χ1) is 51.4. The molecule has 0 amide bonds. The molecule has 0 spiro atoms. The van der Waals surface area contributed by atoms with E-state index in [2.05, 4.69) is 19.6 Å². The molecule has 0 aliphatic carbocycles. The highest BCUT2D eigenvalue weighted by atomic mass is 16.5. The SMILES string of the molecule is CN(c1ccc(N(C)c2nc(N(C3CC(C)(C)N([O])C(C)(C)C3)C3CC(C)(C)N([O])C(C)(C)C3)nc(N(C3CC(C)(C)N([O])C(C)(C)C3)C3CC(C)(C)N([O])C(C)(C)C3)n2)cc1)c1nc(N(C2CC(C)(C)N([O])C(C)(C)C2)C2CC(C)(C)N([O])C(C)(C)C2)nc(N(C2CC(C)(C)N([O])C(C)(C)C2)C2CC(C)(C)N([O])C(C)(C)C2)n1. The normalized spacial score (nSPS) is 28.4. The number of hydroxylamine groups is 16. The Bertz CT molecular complexity index is 3180. The van der Waals surface area contributed by atoms with Gasteiger partial charge in [0.05, 0.1) is 0 Å². The summed E-state index contributed by atoms with van der Waals surface area (Å²) in [6, 6.07) is 5.86. The van der Waals surface area contributed by atoms with Gasteiger partial charge in [0.15, 0.2) is 0 Å². The third-order valence-corrected chi connectivity index (χ3v) is 28.1. The van der Waals surface area contributed by atoms with Crippen molar-refractivity contribution in [2.75, 3.05) is 43.5 Å². The van der Waals surface area contributed by atoms with Crippen LogP contribution in [0.5, 0.6) is 0 Å². The minimum Gasteiger partial charge on any atom is -0.334 e. The lowest BCUT2D eigenvalue weighted by atomic mass is 9.74. The predicted molar refractivity (Wildman–Crippen MR) is 442 cm³/mol. The number of piperidine rings is 8. The van der Waals surface area contributed by atoms with Gasteiger partial charge in [-0.2, -0.15) is 29.9 Å². The van der Waals surface area contributed by atoms with E-state index in [4.69, 9.17) is 29.9 Å². The molecule has 1 aromatic carbocycles. The van der Waals surface area contributed by atoms with Crippen LogP contribution in [0.2, 0.25) is 0 Å². The largest absolute Gasteiger partial charge is 0.334 e. The molecule has 28 heteroatoms. The Labute approximate surface area is 684 Å². The summed E-state index contributed by atoms with van der Waals surface area (Å²) in [7, 11) is 3.91. The van der Waals surface area contributed by atoms with Gasteiger partial charge in [0.1, 0.15) is 0 Å². The minimum atomic E-state index is -0.813. The van der Waals surface area contributed by atoms with Gasteiger partial charge in [0.25, 0.3) is 0 Å². The fourth-order valence-electron chi connectivity index (χ4n) is 24.3. The molecule has 8 fully saturated rings. The number of nitrogens with zero attached hydrogens (tertiary/aromatic N) is 20. The average Bonchev–Trinajstić information content (AvgIpc) is 0.727. The standard InChI is InChI=1S/C86H146N20O8/c1-71(2)39-57(40-72(3,4)99(71)107)95(58-41-73(5,6)100(108)74(7,8)42-58)67-87-65(88-68(91-67)96(59-43-75(9,10)101(109)76(11,12)44-59)60-45-77(13,14)102(110)78(15,16)46-60)93(33)55-35-37-56(38-36-55)94(34)66-89-69(97(61-47-79(17,18)103(111)80(19,20)48-61)62-49-81(21,22)104(112)82(23,24)50-62)92-70(90-66)98(63-51-83(25,26)105(113)84(27,28)52-63)64-53-85(29,30)106(114)86(31,32)54-64/h35-38,57-64H,39-54H2,1-34H3. The molecule has 0 saturated carbocycles. The molecule has 10 heterocycles. The number of aromatic nitrogens is 6. The second kappa shape index (κ2) is 29.1. The van der Waals surface area contributed by atoms with Crippen LogP contribution < -0.4 is 29.4 Å². The van der Waals surface area contributed by atoms with Crippen molar-refractivity contribution < 1.29 is 41.7 Å². The summed E-state index contributed by atoms with van der Waals surface area (Å²) in [4.78, 5) is 47.7. The lowest BCUT2D eigenvalue weighted by Gasteiger charge is -2.58. The van der Waals surface area contributed by atoms with Crippen LogP contribution in [-0.2, 0) is 41.7 Å². The van der Waals surface area contributed by atoms with E-state index in [9.17, 15) is 41.7 Å². The average molecular weight is 1590 g/mol. The molecule has 11 rings (SSSR count). The summed E-state index contributed by atoms with van der Waals surface area (Å²) in [6.07, 6.45) is 7.57. The summed E-state index contributed by atoms with van der Waals surface area (Å²) < 4.78 is 0. The van der Waals surface area contributed by atoms with Gasteiger partial charge in [-0.1, -0.05) is 0 Å².